The lowest BCUT2D eigenvalue weighted by Gasteiger charge is -2.14. The van der Waals surface area contributed by atoms with Gasteiger partial charge in [0.1, 0.15) is 5.82 Å². The summed E-state index contributed by atoms with van der Waals surface area (Å²) >= 11 is 0. The summed E-state index contributed by atoms with van der Waals surface area (Å²) in [6.45, 7) is 0. The van der Waals surface area contributed by atoms with Gasteiger partial charge in [0.05, 0.1) is 11.1 Å². The minimum absolute atomic E-state index is 0.0911. The fourth-order valence-corrected chi connectivity index (χ4v) is 1.70. The Balaban J connectivity index is 2.45. The number of carboxylic acid groups (broad SMARTS) is 1. The van der Waals surface area contributed by atoms with Crippen LogP contribution in [0.2, 0.25) is 0 Å². The summed E-state index contributed by atoms with van der Waals surface area (Å²) in [6.07, 6.45) is -4.57. The van der Waals surface area contributed by atoms with Crippen molar-refractivity contribution in [2.45, 2.75) is 6.18 Å². The normalized spacial score (nSPS) is 11.2. The molecule has 0 bridgehead atoms. The average molecular weight is 313 g/mol. The molecule has 0 aliphatic carbocycles. The molecule has 22 heavy (non-hydrogen) atoms. The van der Waals surface area contributed by atoms with Gasteiger partial charge in [-0.05, 0) is 30.0 Å². The van der Waals surface area contributed by atoms with Gasteiger partial charge in [-0.1, -0.05) is 6.07 Å². The molecular weight excluding hydrogens is 305 g/mol. The van der Waals surface area contributed by atoms with Crippen LogP contribution in [0.5, 0.6) is 5.75 Å². The molecule has 0 atom stereocenters. The largest absolute Gasteiger partial charge is 0.869 e. The highest BCUT2D eigenvalue weighted by atomic mass is 19.4. The van der Waals surface area contributed by atoms with Crippen molar-refractivity contribution in [2.75, 3.05) is 5.32 Å². The van der Waals surface area contributed by atoms with E-state index in [0.29, 0.717) is 6.07 Å². The van der Waals surface area contributed by atoms with Gasteiger partial charge in [-0.15, -0.1) is 0 Å². The standard InChI is InChI=1S/C13H9F3N2O4/c14-13(15,16)6-2-1-3-7(4-6)17-10-8(12(21)22)5-9(19)11(20)18-10/h1-5,19H,(H,21,22)(H2,17,18,20)/p-1. The molecule has 2 aromatic rings. The van der Waals surface area contributed by atoms with Crippen molar-refractivity contribution in [3.8, 4) is 5.75 Å². The molecule has 0 spiro atoms. The second-order valence-electron chi connectivity index (χ2n) is 4.26. The van der Waals surface area contributed by atoms with Gasteiger partial charge in [-0.2, -0.15) is 13.2 Å². The minimum Gasteiger partial charge on any atom is -0.869 e. The van der Waals surface area contributed by atoms with E-state index in [1.807, 2.05) is 4.98 Å². The molecule has 0 unspecified atom stereocenters. The number of anilines is 2. The number of hydrogen-bond acceptors (Lipinski definition) is 4. The Hall–Kier alpha value is -2.97. The van der Waals surface area contributed by atoms with Crippen LogP contribution in [0.4, 0.5) is 24.7 Å². The van der Waals surface area contributed by atoms with E-state index in [2.05, 4.69) is 5.32 Å². The molecule has 1 heterocycles. The number of hydrogen-bond donors (Lipinski definition) is 3. The molecule has 0 aliphatic heterocycles. The first-order valence-electron chi connectivity index (χ1n) is 5.80. The van der Waals surface area contributed by atoms with Crippen LogP contribution in [0.25, 0.3) is 0 Å². The van der Waals surface area contributed by atoms with Crippen LogP contribution in [-0.2, 0) is 6.18 Å². The lowest BCUT2D eigenvalue weighted by atomic mass is 10.2. The molecule has 0 fully saturated rings. The highest BCUT2D eigenvalue weighted by Gasteiger charge is 2.30. The van der Waals surface area contributed by atoms with Crippen LogP contribution >= 0.6 is 0 Å². The Morgan fingerprint density at radius 3 is 2.55 bits per heavy atom. The predicted molar refractivity (Wildman–Crippen MR) is 68.2 cm³/mol. The second kappa shape index (κ2) is 5.43. The Morgan fingerprint density at radius 1 is 1.27 bits per heavy atom. The number of pyridine rings is 1. The predicted octanol–water partition coefficient (Wildman–Crippen LogP) is 1.91. The number of rotatable bonds is 3. The number of carboxylic acids is 1. The van der Waals surface area contributed by atoms with Gasteiger partial charge in [0.15, 0.2) is 0 Å². The van der Waals surface area contributed by atoms with E-state index in [0.717, 1.165) is 18.2 Å². The smallest absolute Gasteiger partial charge is 0.416 e. The molecule has 0 saturated heterocycles. The molecule has 0 radical (unpaired) electrons. The molecule has 0 aliphatic rings. The molecule has 1 aromatic heterocycles. The quantitative estimate of drug-likeness (QED) is 0.802. The molecule has 2 rings (SSSR count). The Morgan fingerprint density at radius 2 is 1.95 bits per heavy atom. The van der Waals surface area contributed by atoms with Crippen molar-refractivity contribution >= 4 is 17.5 Å². The van der Waals surface area contributed by atoms with Gasteiger partial charge in [0, 0.05) is 5.69 Å². The van der Waals surface area contributed by atoms with Gasteiger partial charge in [-0.3, -0.25) is 4.79 Å². The van der Waals surface area contributed by atoms with Crippen molar-refractivity contribution < 1.29 is 28.2 Å². The van der Waals surface area contributed by atoms with Gasteiger partial charge in [0.25, 0.3) is 0 Å². The van der Waals surface area contributed by atoms with Crippen LogP contribution < -0.4 is 16.0 Å². The molecule has 3 N–H and O–H groups in total. The van der Waals surface area contributed by atoms with E-state index in [1.165, 1.54) is 6.07 Å². The number of aromatic nitrogens is 1. The summed E-state index contributed by atoms with van der Waals surface area (Å²) in [5.74, 6) is -2.95. The summed E-state index contributed by atoms with van der Waals surface area (Å²) in [5.41, 5.74) is -2.68. The number of aromatic amines is 1. The maximum atomic E-state index is 12.6. The second-order valence-corrected chi connectivity index (χ2v) is 4.26. The highest BCUT2D eigenvalue weighted by Crippen LogP contribution is 2.31. The molecule has 9 heteroatoms. The molecule has 0 amide bonds. The van der Waals surface area contributed by atoms with E-state index >= 15 is 0 Å². The number of benzene rings is 1. The zero-order valence-electron chi connectivity index (χ0n) is 10.7. The van der Waals surface area contributed by atoms with Crippen molar-refractivity contribution in [1.29, 1.82) is 0 Å². The summed E-state index contributed by atoms with van der Waals surface area (Å²) < 4.78 is 37.8. The summed E-state index contributed by atoms with van der Waals surface area (Å²) in [4.78, 5) is 24.3. The van der Waals surface area contributed by atoms with Crippen LogP contribution in [0.3, 0.4) is 0 Å². The average Bonchev–Trinajstić information content (AvgIpc) is 2.41. The first kappa shape index (κ1) is 15.4. The summed E-state index contributed by atoms with van der Waals surface area (Å²) in [5, 5.41) is 22.5. The van der Waals surface area contributed by atoms with Crippen molar-refractivity contribution in [3.63, 3.8) is 0 Å². The van der Waals surface area contributed by atoms with Crippen molar-refractivity contribution in [2.24, 2.45) is 0 Å². The van der Waals surface area contributed by atoms with E-state index in [4.69, 9.17) is 5.11 Å². The third kappa shape index (κ3) is 3.19. The maximum Gasteiger partial charge on any atom is 0.416 e. The van der Waals surface area contributed by atoms with Crippen LogP contribution in [0, 0.1) is 0 Å². The van der Waals surface area contributed by atoms with Gasteiger partial charge < -0.3 is 20.5 Å². The zero-order valence-corrected chi connectivity index (χ0v) is 10.7. The van der Waals surface area contributed by atoms with Crippen LogP contribution in [0.15, 0.2) is 35.1 Å². The third-order valence-corrected chi connectivity index (χ3v) is 2.70. The van der Waals surface area contributed by atoms with E-state index in [-0.39, 0.29) is 11.5 Å². The fourth-order valence-electron chi connectivity index (χ4n) is 1.70. The maximum absolute atomic E-state index is 12.6. The van der Waals surface area contributed by atoms with Crippen LogP contribution in [0.1, 0.15) is 15.9 Å². The Kier molecular flexibility index (Phi) is 3.81. The summed E-state index contributed by atoms with van der Waals surface area (Å²) in [7, 11) is 0. The van der Waals surface area contributed by atoms with Gasteiger partial charge in [0.2, 0.25) is 5.56 Å². The first-order valence-corrected chi connectivity index (χ1v) is 5.80. The first-order chi connectivity index (χ1) is 10.2. The number of alkyl halides is 3. The Labute approximate surface area is 120 Å². The number of nitrogens with one attached hydrogen (secondary N) is 2. The monoisotopic (exact) mass is 313 g/mol. The van der Waals surface area contributed by atoms with E-state index in [1.54, 1.807) is 0 Å². The molecule has 6 nitrogen and oxygen atoms in total. The SMILES string of the molecule is O=C(O)c1cc([O-])c(=O)[nH]c1Nc1cccc(C(F)(F)F)c1. The number of halogens is 3. The topological polar surface area (TPSA) is 105 Å². The molecule has 0 saturated carbocycles. The molecular formula is C13H8F3N2O4-. The molecule has 1 aromatic carbocycles. The van der Waals surface area contributed by atoms with Gasteiger partial charge in [-0.25, -0.2) is 4.79 Å². The lowest BCUT2D eigenvalue weighted by Crippen LogP contribution is -2.18. The third-order valence-electron chi connectivity index (χ3n) is 2.70. The van der Waals surface area contributed by atoms with Gasteiger partial charge >= 0.3 is 12.1 Å². The minimum atomic E-state index is -4.57. The molecule has 116 valence electrons. The number of carbonyl (C=O) groups is 1. The number of H-pyrrole nitrogens is 1. The van der Waals surface area contributed by atoms with E-state index < -0.39 is 34.6 Å². The van der Waals surface area contributed by atoms with Crippen molar-refractivity contribution in [3.05, 3.63) is 51.8 Å². The van der Waals surface area contributed by atoms with Crippen molar-refractivity contribution in [1.82, 2.24) is 4.98 Å². The highest BCUT2D eigenvalue weighted by molar-refractivity contribution is 5.94. The fraction of sp³-hybridized carbons (Fsp3) is 0.0769. The number of aromatic carboxylic acids is 1. The Bertz CT molecular complexity index is 784. The van der Waals surface area contributed by atoms with E-state index in [9.17, 15) is 27.9 Å². The lowest BCUT2D eigenvalue weighted by molar-refractivity contribution is -0.270. The van der Waals surface area contributed by atoms with Crippen LogP contribution in [-0.4, -0.2) is 16.1 Å². The zero-order chi connectivity index (χ0) is 16.5. The summed E-state index contributed by atoms with van der Waals surface area (Å²) in [6, 6.07) is 4.55.